The number of fused-ring (bicyclic) bond motifs is 7. The van der Waals surface area contributed by atoms with Gasteiger partial charge in [0.1, 0.15) is 0 Å². The number of benzene rings is 9. The molecule has 50 heavy (non-hydrogen) atoms. The third-order valence-electron chi connectivity index (χ3n) is 10.0. The lowest BCUT2D eigenvalue weighted by molar-refractivity contribution is 1.32. The number of hydrogen-bond acceptors (Lipinski definition) is 2. The van der Waals surface area contributed by atoms with Crippen LogP contribution in [-0.2, 0) is 0 Å². The maximum absolute atomic E-state index is 2.50. The molecule has 0 N–H and O–H groups in total. The van der Waals surface area contributed by atoms with E-state index in [4.69, 9.17) is 0 Å². The molecule has 0 aliphatic rings. The summed E-state index contributed by atoms with van der Waals surface area (Å²) in [6.07, 6.45) is 0. The Hall–Kier alpha value is -6.22. The van der Waals surface area contributed by atoms with Crippen molar-refractivity contribution in [3.8, 4) is 22.3 Å². The molecular weight excluding hydrogens is 623 g/mol. The highest BCUT2D eigenvalue weighted by Crippen LogP contribution is 2.48. The summed E-state index contributed by atoms with van der Waals surface area (Å²) in [5, 5.41) is 10.1. The normalized spacial score (nSPS) is 11.6. The quantitative estimate of drug-likeness (QED) is 0.167. The fraction of sp³-hybridized carbons (Fsp3) is 0. The Balaban J connectivity index is 1.26. The maximum Gasteiger partial charge on any atom is 0.0640 e. The lowest BCUT2D eigenvalue weighted by atomic mass is 9.96. The largest absolute Gasteiger partial charge is 0.308 e. The predicted molar refractivity (Wildman–Crippen MR) is 217 cm³/mol. The summed E-state index contributed by atoms with van der Waals surface area (Å²) in [5.74, 6) is 0. The van der Waals surface area contributed by atoms with E-state index in [1.165, 1.54) is 86.1 Å². The molecule has 0 aliphatic carbocycles. The van der Waals surface area contributed by atoms with Gasteiger partial charge in [0.15, 0.2) is 0 Å². The number of thiophene rings is 1. The Kier molecular flexibility index (Phi) is 6.75. The second-order valence-corrected chi connectivity index (χ2v) is 14.0. The summed E-state index contributed by atoms with van der Waals surface area (Å²) < 4.78 is 2.57. The first-order chi connectivity index (χ1) is 24.8. The molecule has 0 aliphatic heterocycles. The standard InChI is InChI=1S/C48H31NS/c1-2-13-32(14-3-1)34-27-28-43-44-25-12-26-45(48(44)50-47(43)31-34)49(46-30-36-16-5-7-21-40(36)41-22-8-9-23-42(41)46)37-19-10-18-35(29-37)39-24-11-17-33-15-4-6-20-38(33)39/h1-31H. The average molecular weight is 654 g/mol. The first-order valence-corrected chi connectivity index (χ1v) is 17.9. The average Bonchev–Trinajstić information content (AvgIpc) is 3.57. The van der Waals surface area contributed by atoms with Crippen molar-refractivity contribution in [2.24, 2.45) is 0 Å². The van der Waals surface area contributed by atoms with Gasteiger partial charge in [-0.2, -0.15) is 0 Å². The van der Waals surface area contributed by atoms with E-state index in [9.17, 15) is 0 Å². The SMILES string of the molecule is c1ccc(-c2ccc3c(c2)sc2c(N(c4cccc(-c5cccc6ccccc56)c4)c4cc5ccccc5c5ccccc45)cccc23)cc1. The Morgan fingerprint density at radius 1 is 0.340 bits per heavy atom. The molecule has 0 amide bonds. The molecule has 1 heterocycles. The Morgan fingerprint density at radius 2 is 1.00 bits per heavy atom. The van der Waals surface area contributed by atoms with Gasteiger partial charge in [-0.1, -0.05) is 158 Å². The molecule has 9 aromatic carbocycles. The van der Waals surface area contributed by atoms with E-state index < -0.39 is 0 Å². The summed E-state index contributed by atoms with van der Waals surface area (Å²) in [5.41, 5.74) is 8.40. The van der Waals surface area contributed by atoms with E-state index in [2.05, 4.69) is 193 Å². The lowest BCUT2D eigenvalue weighted by Gasteiger charge is -2.28. The predicted octanol–water partition coefficient (Wildman–Crippen LogP) is 14.3. The Bertz CT molecular complexity index is 2880. The molecule has 10 rings (SSSR count). The molecule has 1 aromatic heterocycles. The summed E-state index contributed by atoms with van der Waals surface area (Å²) >= 11 is 1.88. The van der Waals surface area contributed by atoms with E-state index in [0.29, 0.717) is 0 Å². The van der Waals surface area contributed by atoms with Crippen LogP contribution >= 0.6 is 11.3 Å². The molecule has 234 valence electrons. The highest BCUT2D eigenvalue weighted by Gasteiger charge is 2.22. The highest BCUT2D eigenvalue weighted by atomic mass is 32.1. The van der Waals surface area contributed by atoms with Crippen molar-refractivity contribution in [2.75, 3.05) is 4.90 Å². The van der Waals surface area contributed by atoms with Crippen molar-refractivity contribution < 1.29 is 0 Å². The van der Waals surface area contributed by atoms with Crippen LogP contribution in [0.2, 0.25) is 0 Å². The number of nitrogens with zero attached hydrogens (tertiary/aromatic N) is 1. The minimum absolute atomic E-state index is 1.13. The first-order valence-electron chi connectivity index (χ1n) is 17.1. The summed E-state index contributed by atoms with van der Waals surface area (Å²) in [6.45, 7) is 0. The number of hydrogen-bond donors (Lipinski definition) is 0. The molecule has 0 radical (unpaired) electrons. The molecule has 0 bridgehead atoms. The number of rotatable bonds is 5. The van der Waals surface area contributed by atoms with Crippen molar-refractivity contribution in [3.63, 3.8) is 0 Å². The molecule has 0 saturated heterocycles. The smallest absolute Gasteiger partial charge is 0.0640 e. The molecule has 0 fully saturated rings. The second-order valence-electron chi connectivity index (χ2n) is 12.9. The third kappa shape index (κ3) is 4.69. The van der Waals surface area contributed by atoms with Crippen LogP contribution in [0.25, 0.3) is 74.7 Å². The molecule has 10 aromatic rings. The van der Waals surface area contributed by atoms with Gasteiger partial charge >= 0.3 is 0 Å². The van der Waals surface area contributed by atoms with Gasteiger partial charge in [-0.3, -0.25) is 0 Å². The van der Waals surface area contributed by atoms with Gasteiger partial charge < -0.3 is 4.90 Å². The van der Waals surface area contributed by atoms with Crippen LogP contribution in [0.15, 0.2) is 188 Å². The molecule has 0 spiro atoms. The van der Waals surface area contributed by atoms with Crippen molar-refractivity contribution in [1.82, 2.24) is 0 Å². The van der Waals surface area contributed by atoms with Crippen LogP contribution in [0, 0.1) is 0 Å². The zero-order chi connectivity index (χ0) is 33.0. The van der Waals surface area contributed by atoms with Crippen LogP contribution in [0.5, 0.6) is 0 Å². The van der Waals surface area contributed by atoms with Crippen LogP contribution in [0.4, 0.5) is 17.1 Å². The van der Waals surface area contributed by atoms with Gasteiger partial charge in [-0.25, -0.2) is 0 Å². The van der Waals surface area contributed by atoms with Crippen molar-refractivity contribution in [1.29, 1.82) is 0 Å². The summed E-state index contributed by atoms with van der Waals surface area (Å²) in [7, 11) is 0. The van der Waals surface area contributed by atoms with E-state index in [-0.39, 0.29) is 0 Å². The van der Waals surface area contributed by atoms with Gasteiger partial charge in [0.2, 0.25) is 0 Å². The van der Waals surface area contributed by atoms with Crippen LogP contribution in [0.1, 0.15) is 0 Å². The number of anilines is 3. The molecular formula is C48H31NS. The van der Waals surface area contributed by atoms with E-state index in [0.717, 1.165) is 5.69 Å². The van der Waals surface area contributed by atoms with Crippen LogP contribution in [0.3, 0.4) is 0 Å². The fourth-order valence-electron chi connectivity index (χ4n) is 7.69. The van der Waals surface area contributed by atoms with Crippen molar-refractivity contribution in [3.05, 3.63) is 188 Å². The van der Waals surface area contributed by atoms with Gasteiger partial charge in [0.25, 0.3) is 0 Å². The van der Waals surface area contributed by atoms with Gasteiger partial charge in [-0.05, 0) is 79.5 Å². The Labute approximate surface area is 294 Å². The summed E-state index contributed by atoms with van der Waals surface area (Å²) in [6, 6.07) is 68.8. The topological polar surface area (TPSA) is 3.24 Å². The van der Waals surface area contributed by atoms with Gasteiger partial charge in [0.05, 0.1) is 16.1 Å². The molecule has 1 nitrogen and oxygen atoms in total. The van der Waals surface area contributed by atoms with E-state index >= 15 is 0 Å². The van der Waals surface area contributed by atoms with E-state index in [1.807, 2.05) is 11.3 Å². The monoisotopic (exact) mass is 653 g/mol. The molecule has 0 unspecified atom stereocenters. The van der Waals surface area contributed by atoms with Crippen LogP contribution in [-0.4, -0.2) is 0 Å². The summed E-state index contributed by atoms with van der Waals surface area (Å²) in [4.78, 5) is 2.50. The van der Waals surface area contributed by atoms with Gasteiger partial charge in [0, 0.05) is 26.5 Å². The lowest BCUT2D eigenvalue weighted by Crippen LogP contribution is -2.11. The Morgan fingerprint density at radius 3 is 1.88 bits per heavy atom. The fourth-order valence-corrected chi connectivity index (χ4v) is 8.93. The zero-order valence-electron chi connectivity index (χ0n) is 27.3. The van der Waals surface area contributed by atoms with Crippen molar-refractivity contribution >= 4 is 80.9 Å². The zero-order valence-corrected chi connectivity index (χ0v) is 28.1. The second kappa shape index (κ2) is 11.7. The molecule has 0 saturated carbocycles. The minimum Gasteiger partial charge on any atom is -0.308 e. The first kappa shape index (κ1) is 28.8. The third-order valence-corrected chi connectivity index (χ3v) is 11.2. The van der Waals surface area contributed by atoms with Crippen molar-refractivity contribution in [2.45, 2.75) is 0 Å². The van der Waals surface area contributed by atoms with E-state index in [1.54, 1.807) is 0 Å². The maximum atomic E-state index is 2.50. The van der Waals surface area contributed by atoms with Crippen LogP contribution < -0.4 is 4.90 Å². The molecule has 2 heteroatoms. The molecule has 0 atom stereocenters. The van der Waals surface area contributed by atoms with Gasteiger partial charge in [-0.15, -0.1) is 11.3 Å². The highest BCUT2D eigenvalue weighted by molar-refractivity contribution is 7.26. The minimum atomic E-state index is 1.13.